The molecule has 8 aromatic carbocycles. The van der Waals surface area contributed by atoms with Crippen LogP contribution in [0.1, 0.15) is 30.5 Å². The number of para-hydroxylation sites is 7. The molecule has 0 spiro atoms. The summed E-state index contributed by atoms with van der Waals surface area (Å²) in [7, 11) is 0.765. The molecule has 0 unspecified atom stereocenters. The van der Waals surface area contributed by atoms with Gasteiger partial charge in [-0.25, -0.2) is 0 Å². The summed E-state index contributed by atoms with van der Waals surface area (Å²) in [5.74, 6) is 2.74. The van der Waals surface area contributed by atoms with E-state index in [0.29, 0.717) is 23.0 Å². The Kier molecular flexibility index (Phi) is 7.77. The number of hydrogen-bond acceptors (Lipinski definition) is 5. The highest BCUT2D eigenvalue weighted by Gasteiger charge is 2.41. The lowest BCUT2D eigenvalue weighted by Crippen LogP contribution is -2.45. The molecule has 3 aliphatic heterocycles. The van der Waals surface area contributed by atoms with E-state index in [1.807, 2.05) is 24.3 Å². The Balaban J connectivity index is 1.22. The van der Waals surface area contributed by atoms with E-state index in [4.69, 9.17) is 9.47 Å². The van der Waals surface area contributed by atoms with Crippen LogP contribution in [0.2, 0.25) is 0 Å². The molecule has 6 heteroatoms. The van der Waals surface area contributed by atoms with Crippen molar-refractivity contribution >= 4 is 63.7 Å². The highest BCUT2D eigenvalue weighted by Crippen LogP contribution is 2.54. The molecule has 0 fully saturated rings. The van der Waals surface area contributed by atoms with Crippen LogP contribution in [0.4, 0.5) is 45.5 Å². The lowest BCUT2D eigenvalue weighted by molar-refractivity contribution is 0.360. The van der Waals surface area contributed by atoms with Gasteiger partial charge in [0.1, 0.15) is 0 Å². The minimum atomic E-state index is -0.173. The van der Waals surface area contributed by atoms with E-state index in [2.05, 4.69) is 188 Å². The van der Waals surface area contributed by atoms with Gasteiger partial charge in [-0.15, -0.1) is 0 Å². The minimum Gasteiger partial charge on any atom is -0.449 e. The molecule has 0 radical (unpaired) electrons. The van der Waals surface area contributed by atoms with Crippen molar-refractivity contribution in [3.05, 3.63) is 193 Å². The largest absolute Gasteiger partial charge is 0.449 e. The van der Waals surface area contributed by atoms with Crippen molar-refractivity contribution < 1.29 is 9.47 Å². The third-order valence-corrected chi connectivity index (χ3v) is 12.0. The molecule has 1 N–H and O–H groups in total. The fraction of sp³-hybridized carbons (Fsp3) is 0.0769. The number of rotatable bonds is 6. The van der Waals surface area contributed by atoms with Crippen LogP contribution >= 0.6 is 0 Å². The van der Waals surface area contributed by atoms with Crippen LogP contribution in [0.25, 0.3) is 11.1 Å². The van der Waals surface area contributed by atoms with Crippen molar-refractivity contribution in [3.63, 3.8) is 0 Å². The summed E-state index contributed by atoms with van der Waals surface area (Å²) in [5.41, 5.74) is 17.1. The van der Waals surface area contributed by atoms with Gasteiger partial charge in [0.2, 0.25) is 0 Å². The van der Waals surface area contributed by atoms with Gasteiger partial charge in [0, 0.05) is 51.2 Å². The number of anilines is 8. The molecule has 3 aliphatic rings. The molecule has 0 saturated heterocycles. The third-order valence-electron chi connectivity index (χ3n) is 12.0. The maximum Gasteiger partial charge on any atom is 0.198 e. The molecule has 278 valence electrons. The summed E-state index contributed by atoms with van der Waals surface area (Å²) in [4.78, 5) is 4.90. The smallest absolute Gasteiger partial charge is 0.198 e. The van der Waals surface area contributed by atoms with Crippen LogP contribution in [0, 0.1) is 6.92 Å². The first-order valence-corrected chi connectivity index (χ1v) is 20.0. The predicted molar refractivity (Wildman–Crippen MR) is 241 cm³/mol. The summed E-state index contributed by atoms with van der Waals surface area (Å²) in [6, 6.07) is 62.5. The summed E-state index contributed by atoms with van der Waals surface area (Å²) in [6.07, 6.45) is 0. The van der Waals surface area contributed by atoms with Crippen LogP contribution < -0.4 is 35.5 Å². The van der Waals surface area contributed by atoms with Crippen LogP contribution in [-0.2, 0) is 5.41 Å². The molecular weight excluding hydrogens is 709 g/mol. The van der Waals surface area contributed by atoms with Gasteiger partial charge in [0.05, 0.1) is 11.4 Å². The van der Waals surface area contributed by atoms with Gasteiger partial charge in [0.15, 0.2) is 30.3 Å². The number of nitrogens with one attached hydrogen (secondary N) is 1. The van der Waals surface area contributed by atoms with Gasteiger partial charge in [0.25, 0.3) is 0 Å². The Morgan fingerprint density at radius 3 is 1.86 bits per heavy atom. The van der Waals surface area contributed by atoms with Crippen molar-refractivity contribution in [3.8, 4) is 34.1 Å². The summed E-state index contributed by atoms with van der Waals surface area (Å²) in [6.45, 7) is 6.86. The molecule has 11 rings (SSSR count). The van der Waals surface area contributed by atoms with Crippen molar-refractivity contribution in [2.45, 2.75) is 26.2 Å². The van der Waals surface area contributed by atoms with Gasteiger partial charge >= 0.3 is 0 Å². The monoisotopic (exact) mass is 749 g/mol. The minimum absolute atomic E-state index is 0.173. The normalized spacial score (nSPS) is 13.6. The van der Waals surface area contributed by atoms with Gasteiger partial charge in [-0.05, 0) is 101 Å². The molecule has 3 heterocycles. The summed E-state index contributed by atoms with van der Waals surface area (Å²) in [5, 5.41) is 3.86. The highest BCUT2D eigenvalue weighted by molar-refractivity contribution is 6.73. The zero-order valence-electron chi connectivity index (χ0n) is 32.7. The van der Waals surface area contributed by atoms with Crippen LogP contribution in [0.15, 0.2) is 176 Å². The van der Waals surface area contributed by atoms with Crippen LogP contribution in [0.5, 0.6) is 23.0 Å². The van der Waals surface area contributed by atoms with E-state index in [-0.39, 0.29) is 5.41 Å². The number of benzene rings is 8. The highest BCUT2D eigenvalue weighted by atomic mass is 16.6. The Labute approximate surface area is 340 Å². The zero-order valence-corrected chi connectivity index (χ0v) is 32.7. The van der Waals surface area contributed by atoms with Crippen molar-refractivity contribution in [1.82, 2.24) is 0 Å². The molecule has 5 nitrogen and oxygen atoms in total. The topological polar surface area (TPSA) is 37.0 Å². The standard InChI is InChI=1S/C52H40BN3O2/c1-33-17-10-12-25-42(33)54-43-32-49-48(57-46-27-14-15-28-47(46)58-49)31-37(43)38-29-36(55(34-18-6-4-7-19-34)35-20-8-5-9-21-35)30-45-50(38)53-41-24-16-23-40-51(41)56(45)44-26-13-11-22-39(44)52(40,2)3/h4-32,53-54H,1-3H3. The Hall–Kier alpha value is -7.18. The second kappa shape index (κ2) is 13.2. The van der Waals surface area contributed by atoms with Crippen molar-refractivity contribution in [2.75, 3.05) is 15.1 Å². The molecule has 0 saturated carbocycles. The third kappa shape index (κ3) is 5.40. The van der Waals surface area contributed by atoms with E-state index >= 15 is 0 Å². The molecule has 0 aromatic heterocycles. The number of hydrogen-bond donors (Lipinski definition) is 1. The van der Waals surface area contributed by atoms with E-state index < -0.39 is 0 Å². The molecule has 0 atom stereocenters. The first kappa shape index (κ1) is 34.1. The average molecular weight is 750 g/mol. The Morgan fingerprint density at radius 2 is 1.14 bits per heavy atom. The van der Waals surface area contributed by atoms with Crippen LogP contribution in [-0.4, -0.2) is 7.28 Å². The second-order valence-corrected chi connectivity index (χ2v) is 15.9. The van der Waals surface area contributed by atoms with E-state index in [1.54, 1.807) is 0 Å². The average Bonchev–Trinajstić information content (AvgIpc) is 3.25. The zero-order chi connectivity index (χ0) is 39.0. The molecule has 58 heavy (non-hydrogen) atoms. The Morgan fingerprint density at radius 1 is 0.517 bits per heavy atom. The number of nitrogens with zero attached hydrogens (tertiary/aromatic N) is 2. The second-order valence-electron chi connectivity index (χ2n) is 15.9. The number of ether oxygens (including phenoxy) is 2. The molecular formula is C52H40BN3O2. The summed E-state index contributed by atoms with van der Waals surface area (Å²) < 4.78 is 13.2. The summed E-state index contributed by atoms with van der Waals surface area (Å²) >= 11 is 0. The lowest BCUT2D eigenvalue weighted by Gasteiger charge is -2.46. The van der Waals surface area contributed by atoms with Crippen LogP contribution in [0.3, 0.4) is 0 Å². The van der Waals surface area contributed by atoms with E-state index in [1.165, 1.54) is 33.4 Å². The number of aryl methyl sites for hydroxylation is 1. The van der Waals surface area contributed by atoms with Gasteiger partial charge in [-0.3, -0.25) is 0 Å². The van der Waals surface area contributed by atoms with E-state index in [9.17, 15) is 0 Å². The first-order chi connectivity index (χ1) is 28.4. The fourth-order valence-electron chi connectivity index (χ4n) is 9.16. The maximum absolute atomic E-state index is 6.65. The van der Waals surface area contributed by atoms with Gasteiger partial charge < -0.3 is 24.6 Å². The van der Waals surface area contributed by atoms with Gasteiger partial charge in [-0.2, -0.15) is 0 Å². The predicted octanol–water partition coefficient (Wildman–Crippen LogP) is 12.6. The molecule has 0 aliphatic carbocycles. The van der Waals surface area contributed by atoms with E-state index in [0.717, 1.165) is 58.1 Å². The molecule has 8 aromatic rings. The molecule has 0 amide bonds. The first-order valence-electron chi connectivity index (χ1n) is 20.0. The van der Waals surface area contributed by atoms with Crippen molar-refractivity contribution in [1.29, 1.82) is 0 Å². The number of fused-ring (bicyclic) bond motifs is 6. The van der Waals surface area contributed by atoms with Crippen molar-refractivity contribution in [2.24, 2.45) is 0 Å². The SMILES string of the molecule is Cc1ccccc1Nc1cc2c(cc1-c1cc(N(c3ccccc3)c3ccccc3)cc3c1Bc1cccc4c1N3c1ccccc1C4(C)C)Oc1ccccc1O2. The lowest BCUT2D eigenvalue weighted by atomic mass is 9.56. The fourth-order valence-corrected chi connectivity index (χ4v) is 9.16. The quantitative estimate of drug-likeness (QED) is 0.171. The Bertz CT molecular complexity index is 2870. The maximum atomic E-state index is 6.65. The molecule has 0 bridgehead atoms. The van der Waals surface area contributed by atoms with Gasteiger partial charge in [-0.1, -0.05) is 122 Å².